The molecular formula is C29H30N2O5. The second-order valence-corrected chi connectivity index (χ2v) is 8.70. The number of nitrogens with one attached hydrogen (secondary N) is 1. The van der Waals surface area contributed by atoms with Gasteiger partial charge in [-0.3, -0.25) is 9.69 Å². The van der Waals surface area contributed by atoms with Crippen LogP contribution < -0.4 is 5.32 Å². The molecule has 1 aliphatic rings. The van der Waals surface area contributed by atoms with E-state index in [-0.39, 0.29) is 6.61 Å². The number of amides is 2. The highest BCUT2D eigenvalue weighted by Gasteiger charge is 2.39. The van der Waals surface area contributed by atoms with Gasteiger partial charge in [-0.05, 0) is 29.5 Å². The molecule has 2 atom stereocenters. The molecule has 1 N–H and O–H groups in total. The summed E-state index contributed by atoms with van der Waals surface area (Å²) in [5.41, 5.74) is 2.60. The van der Waals surface area contributed by atoms with E-state index in [1.807, 2.05) is 91.0 Å². The molecule has 0 unspecified atom stereocenters. The summed E-state index contributed by atoms with van der Waals surface area (Å²) < 4.78 is 10.6. The molecule has 1 fully saturated rings. The minimum atomic E-state index is -0.977. The Labute approximate surface area is 211 Å². The second-order valence-electron chi connectivity index (χ2n) is 8.70. The predicted molar refractivity (Wildman–Crippen MR) is 135 cm³/mol. The molecule has 0 radical (unpaired) electrons. The summed E-state index contributed by atoms with van der Waals surface area (Å²) in [7, 11) is 1.30. The van der Waals surface area contributed by atoms with E-state index in [0.717, 1.165) is 16.7 Å². The maximum absolute atomic E-state index is 13.5. The van der Waals surface area contributed by atoms with Crippen LogP contribution in [0.3, 0.4) is 0 Å². The Hall–Kier alpha value is -4.13. The number of benzene rings is 3. The average molecular weight is 487 g/mol. The zero-order valence-corrected chi connectivity index (χ0v) is 20.2. The number of likely N-dealkylation sites (tertiary alicyclic amines) is 1. The molecule has 186 valence electrons. The molecule has 7 nitrogen and oxygen atoms in total. The van der Waals surface area contributed by atoms with Crippen molar-refractivity contribution in [1.29, 1.82) is 0 Å². The summed E-state index contributed by atoms with van der Waals surface area (Å²) in [5.74, 6) is -1.43. The Balaban J connectivity index is 1.53. The minimum Gasteiger partial charge on any atom is -0.467 e. The van der Waals surface area contributed by atoms with Gasteiger partial charge in [0.1, 0.15) is 18.7 Å². The smallest absolute Gasteiger partial charge is 0.410 e. The first-order valence-corrected chi connectivity index (χ1v) is 12.0. The van der Waals surface area contributed by atoms with Crippen molar-refractivity contribution in [2.75, 3.05) is 13.7 Å². The van der Waals surface area contributed by atoms with Crippen molar-refractivity contribution in [3.05, 3.63) is 108 Å². The van der Waals surface area contributed by atoms with Crippen LogP contribution in [0.25, 0.3) is 0 Å². The van der Waals surface area contributed by atoms with Gasteiger partial charge in [-0.25, -0.2) is 9.59 Å². The van der Waals surface area contributed by atoms with Gasteiger partial charge in [-0.1, -0.05) is 91.0 Å². The largest absolute Gasteiger partial charge is 0.467 e. The van der Waals surface area contributed by atoms with Crippen molar-refractivity contribution >= 4 is 18.0 Å². The monoisotopic (exact) mass is 486 g/mol. The fraction of sp³-hybridized carbons (Fsp3) is 0.276. The molecule has 2 amide bonds. The van der Waals surface area contributed by atoms with E-state index < -0.39 is 36.0 Å². The summed E-state index contributed by atoms with van der Waals surface area (Å²) in [6.07, 6.45) is 0.609. The van der Waals surface area contributed by atoms with E-state index in [2.05, 4.69) is 5.32 Å². The Morgan fingerprint density at radius 1 is 0.889 bits per heavy atom. The molecule has 0 aromatic heterocycles. The van der Waals surface area contributed by atoms with Gasteiger partial charge < -0.3 is 14.8 Å². The molecule has 1 heterocycles. The lowest BCUT2D eigenvalue weighted by Gasteiger charge is -2.30. The third-order valence-electron chi connectivity index (χ3n) is 6.40. The summed E-state index contributed by atoms with van der Waals surface area (Å²) in [4.78, 5) is 40.7. The Morgan fingerprint density at radius 3 is 2.00 bits per heavy atom. The topological polar surface area (TPSA) is 84.9 Å². The number of nitrogens with zero attached hydrogens (tertiary/aromatic N) is 1. The van der Waals surface area contributed by atoms with Crippen molar-refractivity contribution in [2.24, 2.45) is 0 Å². The van der Waals surface area contributed by atoms with Crippen molar-refractivity contribution in [3.8, 4) is 0 Å². The van der Waals surface area contributed by atoms with Crippen LogP contribution in [0.1, 0.15) is 35.4 Å². The van der Waals surface area contributed by atoms with Crippen LogP contribution in [0, 0.1) is 0 Å². The summed E-state index contributed by atoms with van der Waals surface area (Å²) in [6.45, 7) is 0.536. The van der Waals surface area contributed by atoms with Gasteiger partial charge in [0, 0.05) is 12.5 Å². The lowest BCUT2D eigenvalue weighted by molar-refractivity contribution is -0.146. The number of hydrogen-bond acceptors (Lipinski definition) is 5. The maximum Gasteiger partial charge on any atom is 0.410 e. The number of esters is 1. The molecular weight excluding hydrogens is 456 g/mol. The van der Waals surface area contributed by atoms with Gasteiger partial charge in [0.2, 0.25) is 5.91 Å². The number of hydrogen-bond donors (Lipinski definition) is 1. The summed E-state index contributed by atoms with van der Waals surface area (Å²) in [5, 5.41) is 2.90. The van der Waals surface area contributed by atoms with Crippen molar-refractivity contribution in [3.63, 3.8) is 0 Å². The highest BCUT2D eigenvalue weighted by atomic mass is 16.6. The number of ether oxygens (including phenoxy) is 2. The minimum absolute atomic E-state index is 0.124. The van der Waals surface area contributed by atoms with E-state index in [1.165, 1.54) is 12.0 Å². The van der Waals surface area contributed by atoms with Crippen LogP contribution in [0.4, 0.5) is 4.79 Å². The zero-order chi connectivity index (χ0) is 25.3. The average Bonchev–Trinajstić information content (AvgIpc) is 3.43. The highest BCUT2D eigenvalue weighted by Crippen LogP contribution is 2.29. The van der Waals surface area contributed by atoms with E-state index >= 15 is 0 Å². The zero-order valence-electron chi connectivity index (χ0n) is 20.2. The lowest BCUT2D eigenvalue weighted by atomic mass is 9.84. The van der Waals surface area contributed by atoms with Gasteiger partial charge in [0.15, 0.2) is 0 Å². The summed E-state index contributed by atoms with van der Waals surface area (Å²) >= 11 is 0. The first-order valence-electron chi connectivity index (χ1n) is 12.0. The fourth-order valence-electron chi connectivity index (χ4n) is 4.61. The van der Waals surface area contributed by atoms with Crippen LogP contribution in [-0.2, 0) is 25.7 Å². The Morgan fingerprint density at radius 2 is 1.44 bits per heavy atom. The van der Waals surface area contributed by atoms with Crippen molar-refractivity contribution < 1.29 is 23.9 Å². The maximum atomic E-state index is 13.5. The van der Waals surface area contributed by atoms with Crippen LogP contribution in [0.5, 0.6) is 0 Å². The fourth-order valence-corrected chi connectivity index (χ4v) is 4.61. The normalized spacial score (nSPS) is 15.8. The molecule has 3 aromatic rings. The molecule has 0 bridgehead atoms. The van der Waals surface area contributed by atoms with Gasteiger partial charge in [-0.15, -0.1) is 0 Å². The lowest BCUT2D eigenvalue weighted by Crippen LogP contribution is -2.53. The Bertz CT molecular complexity index is 1110. The molecule has 0 spiro atoms. The van der Waals surface area contributed by atoms with Crippen LogP contribution >= 0.6 is 0 Å². The first-order chi connectivity index (χ1) is 17.6. The Kier molecular flexibility index (Phi) is 8.34. The third kappa shape index (κ3) is 5.92. The summed E-state index contributed by atoms with van der Waals surface area (Å²) in [6, 6.07) is 26.7. The van der Waals surface area contributed by atoms with Gasteiger partial charge in [0.25, 0.3) is 0 Å². The van der Waals surface area contributed by atoms with E-state index in [1.54, 1.807) is 0 Å². The highest BCUT2D eigenvalue weighted by molar-refractivity contribution is 5.90. The van der Waals surface area contributed by atoms with E-state index in [4.69, 9.17) is 9.47 Å². The second kappa shape index (κ2) is 12.0. The van der Waals surface area contributed by atoms with Crippen molar-refractivity contribution in [2.45, 2.75) is 37.5 Å². The third-order valence-corrected chi connectivity index (χ3v) is 6.40. The van der Waals surface area contributed by atoms with Gasteiger partial charge in [-0.2, -0.15) is 0 Å². The molecule has 0 aliphatic carbocycles. The molecule has 3 aromatic carbocycles. The predicted octanol–water partition coefficient (Wildman–Crippen LogP) is 4.28. The van der Waals surface area contributed by atoms with Crippen molar-refractivity contribution in [1.82, 2.24) is 10.2 Å². The number of rotatable bonds is 8. The molecule has 7 heteroatoms. The van der Waals surface area contributed by atoms with Crippen LogP contribution in [0.15, 0.2) is 91.0 Å². The molecule has 1 aliphatic heterocycles. The molecule has 1 saturated heterocycles. The molecule has 36 heavy (non-hydrogen) atoms. The van der Waals surface area contributed by atoms with Crippen LogP contribution in [0.2, 0.25) is 0 Å². The van der Waals surface area contributed by atoms with Gasteiger partial charge >= 0.3 is 12.1 Å². The van der Waals surface area contributed by atoms with E-state index in [9.17, 15) is 14.4 Å². The number of carbonyl (C=O) groups excluding carboxylic acids is 3. The quantitative estimate of drug-likeness (QED) is 0.481. The number of carbonyl (C=O) groups is 3. The molecule has 0 saturated carbocycles. The molecule has 4 rings (SSSR count). The SMILES string of the molecule is COC(=O)[C@@H](NC(=O)[C@H]1CCCN1C(=O)OCc1ccccc1)C(c1ccccc1)c1ccccc1. The first kappa shape index (κ1) is 25.0. The number of methoxy groups -OCH3 is 1. The van der Waals surface area contributed by atoms with Crippen LogP contribution in [-0.4, -0.2) is 48.6 Å². The van der Waals surface area contributed by atoms with E-state index in [0.29, 0.717) is 19.4 Å². The van der Waals surface area contributed by atoms with Gasteiger partial charge in [0.05, 0.1) is 7.11 Å². The standard InChI is InChI=1S/C29H30N2O5/c1-35-28(33)26(25(22-14-7-3-8-15-22)23-16-9-4-10-17-23)30-27(32)24-18-11-19-31(24)29(34)36-20-21-12-5-2-6-13-21/h2-10,12-17,24-26H,11,18-20H2,1H3,(H,30,32)/t24-,26+/m1/s1.